The van der Waals surface area contributed by atoms with Crippen LogP contribution in [0.15, 0.2) is 48.8 Å². The third kappa shape index (κ3) is 4.39. The molecule has 1 aromatic heterocycles. The van der Waals surface area contributed by atoms with E-state index in [4.69, 9.17) is 0 Å². The van der Waals surface area contributed by atoms with Gasteiger partial charge in [0, 0.05) is 25.5 Å². The van der Waals surface area contributed by atoms with E-state index < -0.39 is 0 Å². The lowest BCUT2D eigenvalue weighted by molar-refractivity contribution is 0.240. The molecule has 4 nitrogen and oxygen atoms in total. The Morgan fingerprint density at radius 1 is 1.05 bits per heavy atom. The van der Waals surface area contributed by atoms with Crippen LogP contribution in [0.5, 0.6) is 0 Å². The van der Waals surface area contributed by atoms with Gasteiger partial charge in [-0.2, -0.15) is 0 Å². The molecular weight excluding hydrogens is 245 g/mol. The normalized spacial score (nSPS) is 9.95. The standard InChI is InChI=1S/C14H14FN3O/c15-13-5-3-11(4-6-13)9-17-14(19)18-10-12-2-1-7-16-8-12/h1-8H,9-10H2,(H2,17,18,19). The van der Waals surface area contributed by atoms with Crippen LogP contribution in [0.25, 0.3) is 0 Å². The Labute approximate surface area is 110 Å². The van der Waals surface area contributed by atoms with E-state index >= 15 is 0 Å². The van der Waals surface area contributed by atoms with Gasteiger partial charge in [-0.1, -0.05) is 18.2 Å². The van der Waals surface area contributed by atoms with E-state index in [2.05, 4.69) is 15.6 Å². The number of aromatic nitrogens is 1. The summed E-state index contributed by atoms with van der Waals surface area (Å²) in [6, 6.07) is 9.43. The third-order valence-corrected chi connectivity index (χ3v) is 2.54. The molecular formula is C14H14FN3O. The molecule has 0 radical (unpaired) electrons. The largest absolute Gasteiger partial charge is 0.334 e. The Hall–Kier alpha value is -2.43. The Morgan fingerprint density at radius 3 is 2.37 bits per heavy atom. The summed E-state index contributed by atoms with van der Waals surface area (Å²) in [6.07, 6.45) is 3.37. The highest BCUT2D eigenvalue weighted by Crippen LogP contribution is 2.02. The molecule has 0 fully saturated rings. The number of carbonyl (C=O) groups excluding carboxylic acids is 1. The number of pyridine rings is 1. The molecule has 0 atom stereocenters. The number of amides is 2. The van der Waals surface area contributed by atoms with Crippen LogP contribution >= 0.6 is 0 Å². The maximum atomic E-state index is 12.7. The van der Waals surface area contributed by atoms with Crippen LogP contribution in [-0.2, 0) is 13.1 Å². The van der Waals surface area contributed by atoms with Gasteiger partial charge in [-0.15, -0.1) is 0 Å². The lowest BCUT2D eigenvalue weighted by Crippen LogP contribution is -2.34. The van der Waals surface area contributed by atoms with Crippen LogP contribution < -0.4 is 10.6 Å². The molecule has 1 aromatic carbocycles. The molecule has 0 spiro atoms. The fraction of sp³-hybridized carbons (Fsp3) is 0.143. The van der Waals surface area contributed by atoms with Gasteiger partial charge in [-0.05, 0) is 29.3 Å². The van der Waals surface area contributed by atoms with E-state index in [0.717, 1.165) is 11.1 Å². The summed E-state index contributed by atoms with van der Waals surface area (Å²) in [5.41, 5.74) is 1.78. The Balaban J connectivity index is 1.74. The lowest BCUT2D eigenvalue weighted by Gasteiger charge is -2.07. The van der Waals surface area contributed by atoms with Crippen LogP contribution in [-0.4, -0.2) is 11.0 Å². The molecule has 5 heteroatoms. The topological polar surface area (TPSA) is 54.0 Å². The van der Waals surface area contributed by atoms with Crippen LogP contribution in [0, 0.1) is 5.82 Å². The van der Waals surface area contributed by atoms with E-state index in [1.165, 1.54) is 12.1 Å². The minimum atomic E-state index is -0.287. The first-order valence-corrected chi connectivity index (χ1v) is 5.89. The number of rotatable bonds is 4. The molecule has 2 aromatic rings. The predicted molar refractivity (Wildman–Crippen MR) is 69.7 cm³/mol. The molecule has 0 aliphatic heterocycles. The van der Waals surface area contributed by atoms with Crippen molar-refractivity contribution < 1.29 is 9.18 Å². The van der Waals surface area contributed by atoms with E-state index in [1.54, 1.807) is 24.5 Å². The first-order chi connectivity index (χ1) is 9.24. The number of urea groups is 1. The minimum absolute atomic E-state index is 0.270. The first-order valence-electron chi connectivity index (χ1n) is 5.89. The second-order valence-electron chi connectivity index (χ2n) is 4.02. The SMILES string of the molecule is O=C(NCc1ccc(F)cc1)NCc1cccnc1. The van der Waals surface area contributed by atoms with Gasteiger partial charge >= 0.3 is 6.03 Å². The van der Waals surface area contributed by atoms with Gasteiger partial charge in [0.1, 0.15) is 5.82 Å². The third-order valence-electron chi connectivity index (χ3n) is 2.54. The minimum Gasteiger partial charge on any atom is -0.334 e. The van der Waals surface area contributed by atoms with Crippen LogP contribution in [0.4, 0.5) is 9.18 Å². The van der Waals surface area contributed by atoms with Crippen LogP contribution in [0.2, 0.25) is 0 Å². The Bertz CT molecular complexity index is 528. The predicted octanol–water partition coefficient (Wildman–Crippen LogP) is 2.22. The zero-order chi connectivity index (χ0) is 13.5. The Morgan fingerprint density at radius 2 is 1.74 bits per heavy atom. The van der Waals surface area contributed by atoms with Gasteiger partial charge in [0.05, 0.1) is 0 Å². The van der Waals surface area contributed by atoms with Crippen molar-refractivity contribution in [2.45, 2.75) is 13.1 Å². The molecule has 1 heterocycles. The number of hydrogen-bond donors (Lipinski definition) is 2. The van der Waals surface area contributed by atoms with Crippen LogP contribution in [0.1, 0.15) is 11.1 Å². The summed E-state index contributed by atoms with van der Waals surface area (Å²) in [7, 11) is 0. The number of nitrogens with zero attached hydrogens (tertiary/aromatic N) is 1. The van der Waals surface area contributed by atoms with Gasteiger partial charge < -0.3 is 10.6 Å². The average Bonchev–Trinajstić information content (AvgIpc) is 2.45. The molecule has 0 bridgehead atoms. The molecule has 0 aliphatic rings. The zero-order valence-corrected chi connectivity index (χ0v) is 10.3. The molecule has 0 saturated carbocycles. The summed E-state index contributed by atoms with van der Waals surface area (Å²) < 4.78 is 12.7. The maximum Gasteiger partial charge on any atom is 0.315 e. The average molecular weight is 259 g/mol. The highest BCUT2D eigenvalue weighted by molar-refractivity contribution is 5.73. The molecule has 2 amide bonds. The number of carbonyl (C=O) groups is 1. The van der Waals surface area contributed by atoms with Crippen molar-refractivity contribution in [2.24, 2.45) is 0 Å². The Kier molecular flexibility index (Phi) is 4.44. The first kappa shape index (κ1) is 13.0. The maximum absolute atomic E-state index is 12.7. The van der Waals surface area contributed by atoms with Gasteiger partial charge in [-0.3, -0.25) is 4.98 Å². The molecule has 2 rings (SSSR count). The van der Waals surface area contributed by atoms with Gasteiger partial charge in [0.15, 0.2) is 0 Å². The van der Waals surface area contributed by atoms with Crippen molar-refractivity contribution in [1.82, 2.24) is 15.6 Å². The van der Waals surface area contributed by atoms with Gasteiger partial charge in [-0.25, -0.2) is 9.18 Å². The summed E-state index contributed by atoms with van der Waals surface area (Å²) in [5.74, 6) is -0.287. The van der Waals surface area contributed by atoms with Crippen molar-refractivity contribution >= 4 is 6.03 Å². The second kappa shape index (κ2) is 6.49. The summed E-state index contributed by atoms with van der Waals surface area (Å²) >= 11 is 0. The summed E-state index contributed by atoms with van der Waals surface area (Å²) in [6.45, 7) is 0.780. The molecule has 98 valence electrons. The lowest BCUT2D eigenvalue weighted by atomic mass is 10.2. The molecule has 2 N–H and O–H groups in total. The van der Waals surface area contributed by atoms with Crippen molar-refractivity contribution in [1.29, 1.82) is 0 Å². The fourth-order valence-electron chi connectivity index (χ4n) is 1.53. The smallest absolute Gasteiger partial charge is 0.315 e. The van der Waals surface area contributed by atoms with Crippen molar-refractivity contribution in [3.05, 3.63) is 65.7 Å². The molecule has 0 unspecified atom stereocenters. The number of hydrogen-bond acceptors (Lipinski definition) is 2. The number of halogens is 1. The monoisotopic (exact) mass is 259 g/mol. The number of nitrogens with one attached hydrogen (secondary N) is 2. The molecule has 0 aliphatic carbocycles. The summed E-state index contributed by atoms with van der Waals surface area (Å²) in [5, 5.41) is 5.41. The highest BCUT2D eigenvalue weighted by Gasteiger charge is 2.00. The molecule has 19 heavy (non-hydrogen) atoms. The van der Waals surface area contributed by atoms with Crippen LogP contribution in [0.3, 0.4) is 0 Å². The summed E-state index contributed by atoms with van der Waals surface area (Å²) in [4.78, 5) is 15.5. The van der Waals surface area contributed by atoms with E-state index in [9.17, 15) is 9.18 Å². The van der Waals surface area contributed by atoms with E-state index in [-0.39, 0.29) is 11.8 Å². The van der Waals surface area contributed by atoms with Crippen molar-refractivity contribution in [2.75, 3.05) is 0 Å². The van der Waals surface area contributed by atoms with E-state index in [0.29, 0.717) is 13.1 Å². The fourth-order valence-corrected chi connectivity index (χ4v) is 1.53. The van der Waals surface area contributed by atoms with Crippen molar-refractivity contribution in [3.8, 4) is 0 Å². The second-order valence-corrected chi connectivity index (χ2v) is 4.02. The molecule has 0 saturated heterocycles. The van der Waals surface area contributed by atoms with Gasteiger partial charge in [0.2, 0.25) is 0 Å². The quantitative estimate of drug-likeness (QED) is 0.884. The van der Waals surface area contributed by atoms with E-state index in [1.807, 2.05) is 12.1 Å². The number of benzene rings is 1. The van der Waals surface area contributed by atoms with Gasteiger partial charge in [0.25, 0.3) is 0 Å². The zero-order valence-electron chi connectivity index (χ0n) is 10.3. The highest BCUT2D eigenvalue weighted by atomic mass is 19.1. The van der Waals surface area contributed by atoms with Crippen molar-refractivity contribution in [3.63, 3.8) is 0 Å².